The summed E-state index contributed by atoms with van der Waals surface area (Å²) in [5, 5.41) is 10.6. The number of aliphatic carboxylic acids is 1. The molecule has 0 aliphatic carbocycles. The molecule has 0 heterocycles. The maximum absolute atomic E-state index is 10.6. The van der Waals surface area contributed by atoms with Gasteiger partial charge in [-0.1, -0.05) is 24.3 Å². The van der Waals surface area contributed by atoms with Crippen LogP contribution < -0.4 is 11.1 Å². The Bertz CT molecular complexity index is 476. The van der Waals surface area contributed by atoms with E-state index in [0.29, 0.717) is 12.1 Å². The van der Waals surface area contributed by atoms with Crippen LogP contribution in [0.4, 0.5) is 13.2 Å². The molecule has 0 amide bonds. The van der Waals surface area contributed by atoms with Crippen molar-refractivity contribution in [1.82, 2.24) is 5.32 Å². The van der Waals surface area contributed by atoms with Gasteiger partial charge in [-0.15, -0.1) is 0 Å². The van der Waals surface area contributed by atoms with Gasteiger partial charge in [-0.05, 0) is 38.8 Å². The summed E-state index contributed by atoms with van der Waals surface area (Å²) in [5.74, 6) is -2.76. The van der Waals surface area contributed by atoms with Crippen molar-refractivity contribution >= 4 is 5.97 Å². The number of halogens is 3. The van der Waals surface area contributed by atoms with Crippen molar-refractivity contribution in [2.24, 2.45) is 5.73 Å². The topological polar surface area (TPSA) is 75.3 Å². The fraction of sp³-hybridized carbons (Fsp3) is 0.533. The molecule has 0 fully saturated rings. The van der Waals surface area contributed by atoms with Crippen molar-refractivity contribution in [3.8, 4) is 0 Å². The maximum atomic E-state index is 10.6. The van der Waals surface area contributed by atoms with E-state index in [4.69, 9.17) is 15.6 Å². The monoisotopic (exact) mass is 320 g/mol. The van der Waals surface area contributed by atoms with Crippen molar-refractivity contribution in [2.45, 2.75) is 52.0 Å². The Labute approximate surface area is 128 Å². The highest BCUT2D eigenvalue weighted by Gasteiger charge is 2.38. The minimum Gasteiger partial charge on any atom is -0.475 e. The van der Waals surface area contributed by atoms with Crippen LogP contribution in [0.15, 0.2) is 24.3 Å². The van der Waals surface area contributed by atoms with Crippen LogP contribution in [-0.4, -0.2) is 29.3 Å². The number of rotatable bonds is 4. The highest BCUT2D eigenvalue weighted by molar-refractivity contribution is 5.73. The molecule has 4 nitrogen and oxygen atoms in total. The van der Waals surface area contributed by atoms with Crippen LogP contribution in [0.2, 0.25) is 0 Å². The second-order valence-electron chi connectivity index (χ2n) is 5.20. The summed E-state index contributed by atoms with van der Waals surface area (Å²) in [4.78, 5) is 8.90. The first-order valence-corrected chi connectivity index (χ1v) is 6.84. The van der Waals surface area contributed by atoms with Gasteiger partial charge in [-0.2, -0.15) is 13.2 Å². The zero-order valence-electron chi connectivity index (χ0n) is 13.1. The first-order chi connectivity index (χ1) is 9.96. The lowest BCUT2D eigenvalue weighted by Crippen LogP contribution is -2.42. The molecule has 22 heavy (non-hydrogen) atoms. The van der Waals surface area contributed by atoms with Gasteiger partial charge >= 0.3 is 12.1 Å². The van der Waals surface area contributed by atoms with E-state index in [2.05, 4.69) is 50.4 Å². The minimum absolute atomic E-state index is 0.177. The normalized spacial score (nSPS) is 15.3. The first kappa shape index (κ1) is 20.4. The zero-order chi connectivity index (χ0) is 17.5. The van der Waals surface area contributed by atoms with Crippen molar-refractivity contribution < 1.29 is 23.1 Å². The number of hydrogen-bond acceptors (Lipinski definition) is 3. The fourth-order valence-corrected chi connectivity index (χ4v) is 1.71. The van der Waals surface area contributed by atoms with E-state index in [1.165, 1.54) is 11.1 Å². The van der Waals surface area contributed by atoms with Gasteiger partial charge in [0.1, 0.15) is 0 Å². The van der Waals surface area contributed by atoms with E-state index in [1.807, 2.05) is 6.92 Å². The van der Waals surface area contributed by atoms with Crippen LogP contribution in [0.1, 0.15) is 37.9 Å². The zero-order valence-corrected chi connectivity index (χ0v) is 13.1. The number of carbonyl (C=O) groups is 1. The predicted molar refractivity (Wildman–Crippen MR) is 79.5 cm³/mol. The Hall–Kier alpha value is -1.60. The summed E-state index contributed by atoms with van der Waals surface area (Å²) >= 11 is 0. The third kappa shape index (κ3) is 7.42. The third-order valence-corrected chi connectivity index (χ3v) is 3.20. The Morgan fingerprint density at radius 3 is 2.05 bits per heavy atom. The molecule has 0 bridgehead atoms. The molecule has 0 aromatic heterocycles. The van der Waals surface area contributed by atoms with Crippen molar-refractivity contribution in [3.63, 3.8) is 0 Å². The quantitative estimate of drug-likeness (QED) is 0.797. The number of benzene rings is 1. The lowest BCUT2D eigenvalue weighted by atomic mass is 10.0. The van der Waals surface area contributed by atoms with Gasteiger partial charge in [0.25, 0.3) is 0 Å². The van der Waals surface area contributed by atoms with Gasteiger partial charge in [0, 0.05) is 18.1 Å². The molecule has 1 aromatic rings. The van der Waals surface area contributed by atoms with Gasteiger partial charge in [-0.3, -0.25) is 0 Å². The lowest BCUT2D eigenvalue weighted by Gasteiger charge is -2.24. The van der Waals surface area contributed by atoms with Gasteiger partial charge in [0.15, 0.2) is 0 Å². The highest BCUT2D eigenvalue weighted by atomic mass is 19.4. The number of carboxylic acids is 1. The van der Waals surface area contributed by atoms with Gasteiger partial charge in [0.2, 0.25) is 0 Å². The lowest BCUT2D eigenvalue weighted by molar-refractivity contribution is -0.192. The molecule has 3 unspecified atom stereocenters. The number of alkyl halides is 3. The van der Waals surface area contributed by atoms with Crippen LogP contribution in [0.25, 0.3) is 0 Å². The number of aryl methyl sites for hydroxylation is 1. The molecule has 0 saturated carbocycles. The summed E-state index contributed by atoms with van der Waals surface area (Å²) in [6.07, 6.45) is -5.08. The van der Waals surface area contributed by atoms with Crippen LogP contribution in [0.3, 0.4) is 0 Å². The van der Waals surface area contributed by atoms with Crippen LogP contribution in [0, 0.1) is 6.92 Å². The summed E-state index contributed by atoms with van der Waals surface area (Å²) in [6, 6.07) is 9.33. The van der Waals surface area contributed by atoms with E-state index in [0.717, 1.165) is 0 Å². The molecule has 1 rings (SSSR count). The van der Waals surface area contributed by atoms with Crippen LogP contribution >= 0.6 is 0 Å². The minimum atomic E-state index is -5.08. The Balaban J connectivity index is 0.000000534. The van der Waals surface area contributed by atoms with Crippen molar-refractivity contribution in [2.75, 3.05) is 0 Å². The van der Waals surface area contributed by atoms with Crippen molar-refractivity contribution in [3.05, 3.63) is 35.4 Å². The fourth-order valence-electron chi connectivity index (χ4n) is 1.71. The predicted octanol–water partition coefficient (Wildman–Crippen LogP) is 3.01. The summed E-state index contributed by atoms with van der Waals surface area (Å²) in [5.41, 5.74) is 8.52. The molecule has 0 saturated heterocycles. The molecule has 1 aromatic carbocycles. The second-order valence-corrected chi connectivity index (χ2v) is 5.20. The molecule has 126 valence electrons. The van der Waals surface area contributed by atoms with E-state index in [1.54, 1.807) is 0 Å². The summed E-state index contributed by atoms with van der Waals surface area (Å²) in [7, 11) is 0. The smallest absolute Gasteiger partial charge is 0.475 e. The standard InChI is InChI=1S/C13H22N2.C2HF3O2/c1-9-7-5-6-8-13(9)12(4)15-11(3)10(2)14;3-2(4,5)1(6)7/h5-8,10-12,15H,14H2,1-4H3;(H,6,7). The molecule has 0 radical (unpaired) electrons. The van der Waals surface area contributed by atoms with Crippen LogP contribution in [-0.2, 0) is 4.79 Å². The number of nitrogens with one attached hydrogen (secondary N) is 1. The highest BCUT2D eigenvalue weighted by Crippen LogP contribution is 2.17. The Morgan fingerprint density at radius 2 is 1.68 bits per heavy atom. The second kappa shape index (κ2) is 8.75. The van der Waals surface area contributed by atoms with E-state index < -0.39 is 12.1 Å². The molecule has 0 aliphatic heterocycles. The van der Waals surface area contributed by atoms with Gasteiger partial charge < -0.3 is 16.2 Å². The average molecular weight is 320 g/mol. The van der Waals surface area contributed by atoms with Crippen molar-refractivity contribution in [1.29, 1.82) is 0 Å². The number of nitrogens with two attached hydrogens (primary N) is 1. The average Bonchev–Trinajstić information content (AvgIpc) is 2.38. The maximum Gasteiger partial charge on any atom is 0.490 e. The van der Waals surface area contributed by atoms with E-state index in [-0.39, 0.29) is 6.04 Å². The SMILES string of the molecule is Cc1ccccc1C(C)NC(C)C(C)N.O=C(O)C(F)(F)F. The molecule has 7 heteroatoms. The van der Waals surface area contributed by atoms with Gasteiger partial charge in [0.05, 0.1) is 0 Å². The molecule has 3 atom stereocenters. The Morgan fingerprint density at radius 1 is 1.23 bits per heavy atom. The third-order valence-electron chi connectivity index (χ3n) is 3.20. The molecular formula is C15H23F3N2O2. The largest absolute Gasteiger partial charge is 0.490 e. The van der Waals surface area contributed by atoms with E-state index >= 15 is 0 Å². The molecule has 0 aliphatic rings. The molecular weight excluding hydrogens is 297 g/mol. The molecule has 4 N–H and O–H groups in total. The summed E-state index contributed by atoms with van der Waals surface area (Å²) < 4.78 is 31.7. The summed E-state index contributed by atoms with van der Waals surface area (Å²) in [6.45, 7) is 8.48. The van der Waals surface area contributed by atoms with E-state index in [9.17, 15) is 13.2 Å². The molecule has 0 spiro atoms. The van der Waals surface area contributed by atoms with Gasteiger partial charge in [-0.25, -0.2) is 4.79 Å². The first-order valence-electron chi connectivity index (χ1n) is 6.84. The number of carboxylic acid groups (broad SMARTS) is 1. The number of hydrogen-bond donors (Lipinski definition) is 3. The Kier molecular flexibility index (Phi) is 8.11. The van der Waals surface area contributed by atoms with Crippen LogP contribution in [0.5, 0.6) is 0 Å².